The molecule has 0 N–H and O–H groups in total. The van der Waals surface area contributed by atoms with E-state index in [1.54, 1.807) is 30.3 Å². The molecule has 1 aromatic heterocycles. The van der Waals surface area contributed by atoms with Crippen molar-refractivity contribution < 1.29 is 23.5 Å². The minimum Gasteiger partial charge on any atom is -0.457 e. The van der Waals surface area contributed by atoms with Gasteiger partial charge in [0.1, 0.15) is 0 Å². The van der Waals surface area contributed by atoms with Crippen LogP contribution in [-0.2, 0) is 9.59 Å². The van der Waals surface area contributed by atoms with Gasteiger partial charge in [-0.2, -0.15) is 0 Å². The summed E-state index contributed by atoms with van der Waals surface area (Å²) in [6.45, 7) is 1.92. The number of rotatable bonds is 3. The molecule has 176 valence electrons. The van der Waals surface area contributed by atoms with Gasteiger partial charge in [0.25, 0.3) is 0 Å². The van der Waals surface area contributed by atoms with Gasteiger partial charge in [0.15, 0.2) is 5.75 Å². The van der Waals surface area contributed by atoms with E-state index in [4.69, 9.17) is 9.15 Å². The molecule has 0 spiro atoms. The molecular weight excluding hydrogens is 454 g/mol. The van der Waals surface area contributed by atoms with Crippen LogP contribution in [0, 0.1) is 11.3 Å². The van der Waals surface area contributed by atoms with Gasteiger partial charge in [-0.15, -0.1) is 0 Å². The van der Waals surface area contributed by atoms with Gasteiger partial charge in [-0.1, -0.05) is 60.7 Å². The third-order valence-corrected chi connectivity index (χ3v) is 8.04. The predicted octanol–water partition coefficient (Wildman–Crippen LogP) is 5.29. The maximum Gasteiger partial charge on any atom is 0.379 e. The third kappa shape index (κ3) is 2.53. The summed E-state index contributed by atoms with van der Waals surface area (Å²) in [4.78, 5) is 42.3. The van der Waals surface area contributed by atoms with E-state index in [9.17, 15) is 14.4 Å². The topological polar surface area (TPSA) is 76.8 Å². The molecule has 4 aromatic rings. The first-order valence-electron chi connectivity index (χ1n) is 11.9. The van der Waals surface area contributed by atoms with E-state index in [2.05, 4.69) is 24.3 Å². The molecule has 3 aliphatic carbocycles. The lowest BCUT2D eigenvalue weighted by Gasteiger charge is -2.51. The quantitative estimate of drug-likeness (QED) is 0.229. The standard InChI is InChI=1S/C30H21NO5/c1-30-25-19-11-4-2-9-17(19)24(18-10-3-5-12-20(18)25)26(30)27(32)31(29(30)34)21-13-6-7-14-22(21)36-28(33)23-15-8-16-35-23/h2-16,24-26H,1H3/t24?,25?,26-,30+/m0/s1. The van der Waals surface area contributed by atoms with Crippen molar-refractivity contribution in [3.8, 4) is 5.75 Å². The Morgan fingerprint density at radius 3 is 2.08 bits per heavy atom. The Balaban J connectivity index is 1.37. The van der Waals surface area contributed by atoms with Crippen LogP contribution >= 0.6 is 0 Å². The maximum atomic E-state index is 14.3. The lowest BCUT2D eigenvalue weighted by atomic mass is 9.48. The highest BCUT2D eigenvalue weighted by Gasteiger charge is 2.69. The van der Waals surface area contributed by atoms with Crippen LogP contribution in [0.4, 0.5) is 5.69 Å². The molecule has 1 aliphatic heterocycles. The number of esters is 1. The third-order valence-electron chi connectivity index (χ3n) is 8.04. The lowest BCUT2D eigenvalue weighted by Crippen LogP contribution is -2.49. The molecule has 8 rings (SSSR count). The second-order valence-electron chi connectivity index (χ2n) is 9.74. The normalized spacial score (nSPS) is 25.4. The van der Waals surface area contributed by atoms with E-state index in [0.717, 1.165) is 22.3 Å². The molecule has 6 nitrogen and oxygen atoms in total. The molecule has 2 amide bonds. The molecule has 6 heteroatoms. The Morgan fingerprint density at radius 2 is 1.44 bits per heavy atom. The summed E-state index contributed by atoms with van der Waals surface area (Å²) < 4.78 is 10.8. The fraction of sp³-hybridized carbons (Fsp3) is 0.167. The van der Waals surface area contributed by atoms with E-state index < -0.39 is 17.3 Å². The molecule has 2 bridgehead atoms. The number of imide groups is 1. The molecular formula is C30H21NO5. The number of hydrogen-bond donors (Lipinski definition) is 0. The summed E-state index contributed by atoms with van der Waals surface area (Å²) in [6.07, 6.45) is 1.38. The fourth-order valence-electron chi connectivity index (χ4n) is 6.62. The van der Waals surface area contributed by atoms with E-state index in [1.807, 2.05) is 31.2 Å². The highest BCUT2D eigenvalue weighted by molar-refractivity contribution is 6.25. The van der Waals surface area contributed by atoms with Crippen LogP contribution in [-0.4, -0.2) is 17.8 Å². The van der Waals surface area contributed by atoms with Crippen molar-refractivity contribution >= 4 is 23.5 Å². The van der Waals surface area contributed by atoms with Crippen LogP contribution < -0.4 is 9.64 Å². The van der Waals surface area contributed by atoms with Crippen LogP contribution in [0.5, 0.6) is 5.75 Å². The SMILES string of the molecule is C[C@]12C(=O)N(c3ccccc3OC(=O)c3ccco3)C(=O)[C@@H]1C1c3ccccc3C2c2ccccc21. The largest absolute Gasteiger partial charge is 0.457 e. The monoisotopic (exact) mass is 475 g/mol. The zero-order valence-corrected chi connectivity index (χ0v) is 19.4. The van der Waals surface area contributed by atoms with E-state index in [-0.39, 0.29) is 40.8 Å². The van der Waals surface area contributed by atoms with Gasteiger partial charge in [0, 0.05) is 11.8 Å². The zero-order valence-electron chi connectivity index (χ0n) is 19.4. The van der Waals surface area contributed by atoms with E-state index in [0.29, 0.717) is 0 Å². The summed E-state index contributed by atoms with van der Waals surface area (Å²) >= 11 is 0. The first kappa shape index (κ1) is 20.9. The second kappa shape index (κ2) is 7.28. The van der Waals surface area contributed by atoms with Crippen molar-refractivity contribution in [1.29, 1.82) is 0 Å². The second-order valence-corrected chi connectivity index (χ2v) is 9.74. The Hall–Kier alpha value is -4.45. The highest BCUT2D eigenvalue weighted by atomic mass is 16.5. The molecule has 4 aliphatic rings. The van der Waals surface area contributed by atoms with Crippen molar-refractivity contribution in [3.05, 3.63) is 119 Å². The predicted molar refractivity (Wildman–Crippen MR) is 131 cm³/mol. The Kier molecular flexibility index (Phi) is 4.22. The molecule has 0 radical (unpaired) electrons. The lowest BCUT2D eigenvalue weighted by molar-refractivity contribution is -0.128. The van der Waals surface area contributed by atoms with Gasteiger partial charge in [0.2, 0.25) is 17.6 Å². The Labute approximate surface area is 207 Å². The average molecular weight is 476 g/mol. The van der Waals surface area contributed by atoms with E-state index >= 15 is 0 Å². The molecule has 36 heavy (non-hydrogen) atoms. The van der Waals surface area contributed by atoms with Gasteiger partial charge < -0.3 is 9.15 Å². The number of benzene rings is 3. The fourth-order valence-corrected chi connectivity index (χ4v) is 6.62. The highest BCUT2D eigenvalue weighted by Crippen LogP contribution is 2.67. The van der Waals surface area contributed by atoms with Crippen LogP contribution in [0.25, 0.3) is 0 Å². The van der Waals surface area contributed by atoms with Crippen molar-refractivity contribution in [3.63, 3.8) is 0 Å². The summed E-state index contributed by atoms with van der Waals surface area (Å²) in [5.41, 5.74) is 3.69. The summed E-state index contributed by atoms with van der Waals surface area (Å²) in [6, 6.07) is 26.0. The number of hydrogen-bond acceptors (Lipinski definition) is 5. The smallest absolute Gasteiger partial charge is 0.379 e. The summed E-state index contributed by atoms with van der Waals surface area (Å²) in [7, 11) is 0. The van der Waals surface area contributed by atoms with Crippen LogP contribution in [0.1, 0.15) is 51.6 Å². The Morgan fingerprint density at radius 1 is 0.833 bits per heavy atom. The van der Waals surface area contributed by atoms with Gasteiger partial charge >= 0.3 is 5.97 Å². The molecule has 0 unspecified atom stereocenters. The number of para-hydroxylation sites is 2. The molecule has 3 aromatic carbocycles. The first-order chi connectivity index (χ1) is 17.5. The van der Waals surface area contributed by atoms with Gasteiger partial charge in [0.05, 0.1) is 23.3 Å². The van der Waals surface area contributed by atoms with Crippen LogP contribution in [0.15, 0.2) is 95.6 Å². The van der Waals surface area contributed by atoms with Crippen molar-refractivity contribution in [1.82, 2.24) is 0 Å². The minimum absolute atomic E-state index is 0.0356. The number of nitrogens with zero attached hydrogens (tertiary/aromatic N) is 1. The number of furan rings is 1. The number of carbonyl (C=O) groups excluding carboxylic acids is 3. The number of anilines is 1. The van der Waals surface area contributed by atoms with Crippen molar-refractivity contribution in [2.75, 3.05) is 4.90 Å². The summed E-state index contributed by atoms with van der Waals surface area (Å²) in [5, 5.41) is 0. The average Bonchev–Trinajstić information content (AvgIpc) is 3.51. The van der Waals surface area contributed by atoms with Gasteiger partial charge in [-0.05, 0) is 53.4 Å². The van der Waals surface area contributed by atoms with E-state index in [1.165, 1.54) is 17.2 Å². The maximum absolute atomic E-state index is 14.3. The molecule has 1 saturated heterocycles. The number of ether oxygens (including phenoxy) is 1. The minimum atomic E-state index is -0.970. The summed E-state index contributed by atoms with van der Waals surface area (Å²) in [5.74, 6) is -2.13. The number of carbonyl (C=O) groups is 3. The number of amides is 2. The van der Waals surface area contributed by atoms with Gasteiger partial charge in [-0.3, -0.25) is 9.59 Å². The Bertz CT molecular complexity index is 1520. The molecule has 2 heterocycles. The zero-order chi connectivity index (χ0) is 24.6. The van der Waals surface area contributed by atoms with Gasteiger partial charge in [-0.25, -0.2) is 9.69 Å². The van der Waals surface area contributed by atoms with Crippen LogP contribution in [0.2, 0.25) is 0 Å². The van der Waals surface area contributed by atoms with Crippen molar-refractivity contribution in [2.24, 2.45) is 11.3 Å². The molecule has 2 atom stereocenters. The first-order valence-corrected chi connectivity index (χ1v) is 11.9. The van der Waals surface area contributed by atoms with Crippen LogP contribution in [0.3, 0.4) is 0 Å². The molecule has 0 saturated carbocycles. The molecule has 1 fully saturated rings. The van der Waals surface area contributed by atoms with Crippen molar-refractivity contribution in [2.45, 2.75) is 18.8 Å².